The van der Waals surface area contributed by atoms with Crippen molar-refractivity contribution < 1.29 is 45.6 Å². The quantitative estimate of drug-likeness (QED) is 0.462. The number of rotatable bonds is 7. The number of hydrogen-bond donors (Lipinski definition) is 3. The Balaban J connectivity index is 1.57. The second-order valence-electron chi connectivity index (χ2n) is 6.71. The molecule has 1 aliphatic carbocycles. The second-order valence-corrected chi connectivity index (χ2v) is 9.70. The summed E-state index contributed by atoms with van der Waals surface area (Å²) in [6, 6.07) is 4.32. The van der Waals surface area contributed by atoms with E-state index in [0.717, 1.165) is 6.07 Å². The summed E-state index contributed by atoms with van der Waals surface area (Å²) in [5.41, 5.74) is -1.91. The fourth-order valence-electron chi connectivity index (χ4n) is 3.00. The minimum atomic E-state index is -4.75. The Morgan fingerprint density at radius 3 is 2.61 bits per heavy atom. The van der Waals surface area contributed by atoms with Gasteiger partial charge in [-0.3, -0.25) is 4.79 Å². The molecule has 31 heavy (non-hydrogen) atoms. The van der Waals surface area contributed by atoms with Crippen LogP contribution in [0.2, 0.25) is 0 Å². The third-order valence-electron chi connectivity index (χ3n) is 4.64. The van der Waals surface area contributed by atoms with E-state index < -0.39 is 46.0 Å². The lowest BCUT2D eigenvalue weighted by Gasteiger charge is -2.13. The van der Waals surface area contributed by atoms with Crippen molar-refractivity contribution >= 4 is 27.3 Å². The molecule has 1 aliphatic rings. The summed E-state index contributed by atoms with van der Waals surface area (Å²) in [4.78, 5) is 11.9. The van der Waals surface area contributed by atoms with Crippen LogP contribution in [0.5, 0.6) is 0 Å². The third kappa shape index (κ3) is 3.84. The number of aliphatic carboxylic acids is 1. The van der Waals surface area contributed by atoms with E-state index in [1.165, 1.54) is 12.1 Å². The molecule has 1 saturated carbocycles. The van der Waals surface area contributed by atoms with Gasteiger partial charge >= 0.3 is 12.1 Å². The zero-order chi connectivity index (χ0) is 22.6. The number of carboxylic acid groups (broad SMARTS) is 1. The lowest BCUT2D eigenvalue weighted by molar-refractivity contribution is -0.155. The Morgan fingerprint density at radius 1 is 1.29 bits per heavy atom. The smallest absolute Gasteiger partial charge is 0.452 e. The van der Waals surface area contributed by atoms with Gasteiger partial charge in [-0.05, 0) is 18.6 Å². The number of thiophene rings is 1. The molecule has 0 saturated heterocycles. The highest BCUT2D eigenvalue weighted by Crippen LogP contribution is 2.52. The van der Waals surface area contributed by atoms with Crippen LogP contribution in [0.25, 0.3) is 10.6 Å². The maximum Gasteiger partial charge on any atom is 0.452 e. The van der Waals surface area contributed by atoms with E-state index in [1.807, 2.05) is 0 Å². The molecule has 3 N–H and O–H groups in total. The largest absolute Gasteiger partial charge is 0.480 e. The van der Waals surface area contributed by atoms with Crippen molar-refractivity contribution in [2.24, 2.45) is 0 Å². The molecule has 0 radical (unpaired) electrons. The molecule has 0 unspecified atom stereocenters. The van der Waals surface area contributed by atoms with Gasteiger partial charge < -0.3 is 19.3 Å². The molecule has 0 spiro atoms. The van der Waals surface area contributed by atoms with E-state index >= 15 is 0 Å². The molecule has 3 aromatic rings. The van der Waals surface area contributed by atoms with E-state index in [9.17, 15) is 31.5 Å². The van der Waals surface area contributed by atoms with Crippen LogP contribution in [0, 0.1) is 0 Å². The minimum Gasteiger partial charge on any atom is -0.480 e. The van der Waals surface area contributed by atoms with E-state index in [0.29, 0.717) is 17.4 Å². The molecule has 0 amide bonds. The molecule has 166 valence electrons. The molecule has 15 heteroatoms. The van der Waals surface area contributed by atoms with Crippen LogP contribution in [0.3, 0.4) is 0 Å². The molecule has 3 heterocycles. The van der Waals surface area contributed by atoms with E-state index in [2.05, 4.69) is 19.6 Å². The first-order valence-corrected chi connectivity index (χ1v) is 10.7. The molecule has 2 atom stereocenters. The molecule has 3 aromatic heterocycles. The molecule has 0 aromatic carbocycles. The Labute approximate surface area is 175 Å². The SMILES string of the molecule is O=C(O)[C@@]1(NS(=O)(=O)c2ccc(-c3cc(C(F)(F)F)on3)s2)C[C@H]1c1cc(CO)on1. The van der Waals surface area contributed by atoms with Crippen LogP contribution >= 0.6 is 11.3 Å². The van der Waals surface area contributed by atoms with Gasteiger partial charge in [0.15, 0.2) is 5.76 Å². The number of sulfonamides is 1. The Hall–Kier alpha value is -2.75. The summed E-state index contributed by atoms with van der Waals surface area (Å²) in [7, 11) is -4.35. The van der Waals surface area contributed by atoms with E-state index in [1.54, 1.807) is 0 Å². The molecule has 0 bridgehead atoms. The number of aliphatic hydroxyl groups excluding tert-OH is 1. The second kappa shape index (κ2) is 7.15. The van der Waals surface area contributed by atoms with Crippen LogP contribution in [0.15, 0.2) is 37.5 Å². The van der Waals surface area contributed by atoms with Gasteiger partial charge in [-0.1, -0.05) is 10.3 Å². The number of nitrogens with one attached hydrogen (secondary N) is 1. The summed E-state index contributed by atoms with van der Waals surface area (Å²) in [5, 5.41) is 25.6. The first-order valence-electron chi connectivity index (χ1n) is 8.44. The predicted molar refractivity (Wildman–Crippen MR) is 95.3 cm³/mol. The van der Waals surface area contributed by atoms with Crippen molar-refractivity contribution in [2.45, 2.75) is 34.9 Å². The van der Waals surface area contributed by atoms with Crippen molar-refractivity contribution in [3.63, 3.8) is 0 Å². The molecule has 4 rings (SSSR count). The molecule has 0 aliphatic heterocycles. The lowest BCUT2D eigenvalue weighted by Crippen LogP contribution is -2.44. The van der Waals surface area contributed by atoms with Gasteiger partial charge in [-0.15, -0.1) is 11.3 Å². The van der Waals surface area contributed by atoms with Crippen molar-refractivity contribution in [2.75, 3.05) is 0 Å². The lowest BCUT2D eigenvalue weighted by atomic mass is 10.1. The van der Waals surface area contributed by atoms with Crippen molar-refractivity contribution in [3.05, 3.63) is 41.5 Å². The van der Waals surface area contributed by atoms with E-state index in [4.69, 9.17) is 9.63 Å². The zero-order valence-corrected chi connectivity index (χ0v) is 16.7. The highest BCUT2D eigenvalue weighted by molar-refractivity contribution is 7.91. The minimum absolute atomic E-state index is 0.0837. The zero-order valence-electron chi connectivity index (χ0n) is 15.1. The van der Waals surface area contributed by atoms with Crippen molar-refractivity contribution in [1.82, 2.24) is 15.0 Å². The highest BCUT2D eigenvalue weighted by Gasteiger charge is 2.64. The number of carbonyl (C=O) groups is 1. The third-order valence-corrected chi connectivity index (χ3v) is 7.75. The summed E-state index contributed by atoms with van der Waals surface area (Å²) in [6.45, 7) is -0.457. The van der Waals surface area contributed by atoms with Crippen molar-refractivity contribution in [1.29, 1.82) is 0 Å². The topological polar surface area (TPSA) is 156 Å². The maximum atomic E-state index is 12.8. The van der Waals surface area contributed by atoms with Crippen LogP contribution in [0.1, 0.15) is 29.6 Å². The monoisotopic (exact) mass is 479 g/mol. The average Bonchev–Trinajstić information content (AvgIpc) is 3.19. The first-order chi connectivity index (χ1) is 14.5. The number of hydrogen-bond acceptors (Lipinski definition) is 9. The maximum absolute atomic E-state index is 12.8. The van der Waals surface area contributed by atoms with Gasteiger partial charge in [0.2, 0.25) is 5.76 Å². The van der Waals surface area contributed by atoms with Crippen LogP contribution < -0.4 is 4.72 Å². The van der Waals surface area contributed by atoms with Gasteiger partial charge in [0, 0.05) is 18.1 Å². The molecular weight excluding hydrogens is 467 g/mol. The number of aliphatic hydroxyl groups is 1. The molecular formula is C16H12F3N3O7S2. The summed E-state index contributed by atoms with van der Waals surface area (Å²) in [6.07, 6.45) is -4.85. The Morgan fingerprint density at radius 2 is 2.03 bits per heavy atom. The van der Waals surface area contributed by atoms with Gasteiger partial charge in [-0.25, -0.2) is 8.42 Å². The summed E-state index contributed by atoms with van der Waals surface area (Å²) < 4.78 is 74.4. The van der Waals surface area contributed by atoms with Crippen LogP contribution in [-0.2, 0) is 27.6 Å². The number of aromatic nitrogens is 2. The molecule has 1 fully saturated rings. The number of nitrogens with zero attached hydrogens (tertiary/aromatic N) is 2. The summed E-state index contributed by atoms with van der Waals surface area (Å²) >= 11 is 0.601. The normalized spacial score (nSPS) is 21.4. The van der Waals surface area contributed by atoms with Crippen LogP contribution in [-0.4, -0.2) is 40.5 Å². The Bertz CT molecular complexity index is 1250. The first kappa shape index (κ1) is 21.5. The number of carboxylic acids is 1. The fraction of sp³-hybridized carbons (Fsp3) is 0.312. The van der Waals surface area contributed by atoms with Crippen molar-refractivity contribution in [3.8, 4) is 10.6 Å². The van der Waals surface area contributed by atoms with Gasteiger partial charge in [0.25, 0.3) is 10.0 Å². The molecule has 10 nitrogen and oxygen atoms in total. The predicted octanol–water partition coefficient (Wildman–Crippen LogP) is 2.19. The standard InChI is InChI=1S/C16H12F3N3O7S2/c17-16(18,19)12-4-10(21-29-12)11-1-2-13(30-11)31(26,27)22-15(14(24)25)5-8(15)9-3-7(6-23)28-20-9/h1-4,8,22-23H,5-6H2,(H,24,25)/t8-,15+/m0/s1. The van der Waals surface area contributed by atoms with E-state index in [-0.39, 0.29) is 32.7 Å². The Kier molecular flexibility index (Phi) is 4.95. The fourth-order valence-corrected chi connectivity index (χ4v) is 5.66. The van der Waals surface area contributed by atoms with Gasteiger partial charge in [0.1, 0.15) is 22.0 Å². The number of alkyl halides is 3. The van der Waals surface area contributed by atoms with Gasteiger partial charge in [-0.2, -0.15) is 17.9 Å². The average molecular weight is 479 g/mol. The van der Waals surface area contributed by atoms with Gasteiger partial charge in [0.05, 0.1) is 10.6 Å². The highest BCUT2D eigenvalue weighted by atomic mass is 32.2. The summed E-state index contributed by atoms with van der Waals surface area (Å²) in [5.74, 6) is -3.50. The van der Waals surface area contributed by atoms with Crippen LogP contribution in [0.4, 0.5) is 13.2 Å². The number of halogens is 3.